The minimum Gasteiger partial charge on any atom is -0.493 e. The van der Waals surface area contributed by atoms with Crippen LogP contribution in [0.4, 0.5) is 0 Å². The number of aliphatic hydroxyl groups is 1. The fourth-order valence-corrected chi connectivity index (χ4v) is 2.22. The van der Waals surface area contributed by atoms with Crippen molar-refractivity contribution < 1.29 is 9.84 Å². The molecule has 0 spiro atoms. The minimum atomic E-state index is -0.0401. The molecular formula is C13H15NO2S. The van der Waals surface area contributed by atoms with E-state index in [0.29, 0.717) is 6.61 Å². The van der Waals surface area contributed by atoms with Crippen LogP contribution in [0, 0.1) is 6.92 Å². The highest BCUT2D eigenvalue weighted by Crippen LogP contribution is 2.19. The molecule has 0 aliphatic heterocycles. The van der Waals surface area contributed by atoms with E-state index in [9.17, 15) is 5.11 Å². The number of aromatic nitrogens is 1. The normalized spacial score (nSPS) is 10.5. The highest BCUT2D eigenvalue weighted by molar-refractivity contribution is 7.09. The van der Waals surface area contributed by atoms with E-state index < -0.39 is 0 Å². The van der Waals surface area contributed by atoms with Crippen LogP contribution in [0.25, 0.3) is 0 Å². The lowest BCUT2D eigenvalue weighted by Crippen LogP contribution is -2.03. The maximum Gasteiger partial charge on any atom is 0.128 e. The molecule has 0 fully saturated rings. The van der Waals surface area contributed by atoms with Crippen molar-refractivity contribution in [3.63, 3.8) is 0 Å². The van der Waals surface area contributed by atoms with Gasteiger partial charge in [0.05, 0.1) is 13.2 Å². The number of aliphatic hydroxyl groups excluding tert-OH is 1. The summed E-state index contributed by atoms with van der Waals surface area (Å²) in [4.78, 5) is 5.44. The Hall–Kier alpha value is -1.39. The van der Waals surface area contributed by atoms with Crippen molar-refractivity contribution in [2.75, 3.05) is 6.61 Å². The summed E-state index contributed by atoms with van der Waals surface area (Å²) in [6.07, 6.45) is 2.56. The minimum absolute atomic E-state index is 0.0401. The second kappa shape index (κ2) is 5.80. The van der Waals surface area contributed by atoms with E-state index >= 15 is 0 Å². The smallest absolute Gasteiger partial charge is 0.128 e. The molecule has 2 heterocycles. The third kappa shape index (κ3) is 3.28. The van der Waals surface area contributed by atoms with Crippen LogP contribution in [-0.4, -0.2) is 16.7 Å². The average Bonchev–Trinajstić information content (AvgIpc) is 2.82. The van der Waals surface area contributed by atoms with Crippen LogP contribution in [0.1, 0.15) is 16.1 Å². The van der Waals surface area contributed by atoms with Gasteiger partial charge in [0.25, 0.3) is 0 Å². The molecule has 4 heteroatoms. The molecule has 2 rings (SSSR count). The molecule has 0 bridgehead atoms. The van der Waals surface area contributed by atoms with Crippen molar-refractivity contribution in [1.29, 1.82) is 0 Å². The first kappa shape index (κ1) is 12.1. The van der Waals surface area contributed by atoms with Gasteiger partial charge in [-0.3, -0.25) is 4.98 Å². The Balaban J connectivity index is 1.96. The number of ether oxygens (including phenoxy) is 1. The Morgan fingerprint density at radius 2 is 2.35 bits per heavy atom. The van der Waals surface area contributed by atoms with Crippen LogP contribution < -0.4 is 4.74 Å². The number of rotatable bonds is 5. The van der Waals surface area contributed by atoms with Gasteiger partial charge in [-0.15, -0.1) is 11.3 Å². The van der Waals surface area contributed by atoms with Gasteiger partial charge < -0.3 is 9.84 Å². The molecule has 2 aromatic rings. The van der Waals surface area contributed by atoms with Crippen molar-refractivity contribution >= 4 is 11.3 Å². The largest absolute Gasteiger partial charge is 0.493 e. The van der Waals surface area contributed by atoms with Crippen molar-refractivity contribution in [1.82, 2.24) is 4.98 Å². The molecule has 90 valence electrons. The second-order valence-corrected chi connectivity index (χ2v) is 4.80. The van der Waals surface area contributed by atoms with Crippen LogP contribution >= 0.6 is 11.3 Å². The number of aryl methyl sites for hydroxylation is 1. The third-order valence-electron chi connectivity index (χ3n) is 2.44. The molecule has 0 unspecified atom stereocenters. The number of nitrogens with zero attached hydrogens (tertiary/aromatic N) is 1. The number of hydrogen-bond donors (Lipinski definition) is 1. The molecule has 0 aromatic carbocycles. The lowest BCUT2D eigenvalue weighted by Gasteiger charge is -2.09. The van der Waals surface area contributed by atoms with Gasteiger partial charge in [0.15, 0.2) is 0 Å². The molecule has 0 atom stereocenters. The zero-order valence-corrected chi connectivity index (χ0v) is 10.5. The summed E-state index contributed by atoms with van der Waals surface area (Å²) in [5.41, 5.74) is 1.63. The van der Waals surface area contributed by atoms with E-state index in [0.717, 1.165) is 23.4 Å². The Kier molecular flexibility index (Phi) is 4.12. The zero-order valence-electron chi connectivity index (χ0n) is 9.72. The highest BCUT2D eigenvalue weighted by Gasteiger charge is 2.04. The van der Waals surface area contributed by atoms with Crippen LogP contribution in [0.2, 0.25) is 0 Å². The monoisotopic (exact) mass is 249 g/mol. The molecule has 2 aromatic heterocycles. The van der Waals surface area contributed by atoms with E-state index in [-0.39, 0.29) is 6.61 Å². The van der Waals surface area contributed by atoms with Crippen LogP contribution in [0.5, 0.6) is 5.75 Å². The Bertz CT molecular complexity index is 468. The first-order chi connectivity index (χ1) is 8.29. The summed E-state index contributed by atoms with van der Waals surface area (Å²) >= 11 is 1.73. The van der Waals surface area contributed by atoms with E-state index in [4.69, 9.17) is 4.74 Å². The SMILES string of the molecule is Cc1cc(OCCc2cccs2)c(CO)cn1. The van der Waals surface area contributed by atoms with Gasteiger partial charge in [-0.05, 0) is 18.4 Å². The molecule has 0 saturated heterocycles. The molecule has 0 aliphatic carbocycles. The fraction of sp³-hybridized carbons (Fsp3) is 0.308. The number of pyridine rings is 1. The quantitative estimate of drug-likeness (QED) is 0.885. The molecule has 17 heavy (non-hydrogen) atoms. The van der Waals surface area contributed by atoms with Gasteiger partial charge in [0, 0.05) is 34.8 Å². The summed E-state index contributed by atoms with van der Waals surface area (Å²) in [6.45, 7) is 2.49. The summed E-state index contributed by atoms with van der Waals surface area (Å²) in [5, 5.41) is 11.2. The maximum atomic E-state index is 9.17. The van der Waals surface area contributed by atoms with Gasteiger partial charge >= 0.3 is 0 Å². The Labute approximate surface area is 105 Å². The summed E-state index contributed by atoms with van der Waals surface area (Å²) < 4.78 is 5.69. The van der Waals surface area contributed by atoms with Crippen LogP contribution in [-0.2, 0) is 13.0 Å². The number of thiophene rings is 1. The van der Waals surface area contributed by atoms with E-state index in [1.165, 1.54) is 4.88 Å². The van der Waals surface area contributed by atoms with Crippen molar-refractivity contribution in [2.24, 2.45) is 0 Å². The highest BCUT2D eigenvalue weighted by atomic mass is 32.1. The van der Waals surface area contributed by atoms with Crippen LogP contribution in [0.3, 0.4) is 0 Å². The fourth-order valence-electron chi connectivity index (χ4n) is 1.53. The molecule has 0 amide bonds. The van der Waals surface area contributed by atoms with Crippen molar-refractivity contribution in [3.8, 4) is 5.75 Å². The second-order valence-electron chi connectivity index (χ2n) is 3.77. The zero-order chi connectivity index (χ0) is 12.1. The lowest BCUT2D eigenvalue weighted by atomic mass is 10.2. The van der Waals surface area contributed by atoms with Gasteiger partial charge in [0.1, 0.15) is 5.75 Å². The van der Waals surface area contributed by atoms with Crippen molar-refractivity contribution in [3.05, 3.63) is 45.9 Å². The topological polar surface area (TPSA) is 42.4 Å². The first-order valence-electron chi connectivity index (χ1n) is 5.51. The molecule has 0 saturated carbocycles. The Morgan fingerprint density at radius 3 is 3.06 bits per heavy atom. The first-order valence-corrected chi connectivity index (χ1v) is 6.39. The van der Waals surface area contributed by atoms with Gasteiger partial charge in [-0.25, -0.2) is 0 Å². The predicted octanol–water partition coefficient (Wildman–Crippen LogP) is 2.57. The lowest BCUT2D eigenvalue weighted by molar-refractivity contribution is 0.263. The molecule has 1 N–H and O–H groups in total. The summed E-state index contributed by atoms with van der Waals surface area (Å²) in [7, 11) is 0. The molecule has 3 nitrogen and oxygen atoms in total. The standard InChI is InChI=1S/C13H15NO2S/c1-10-7-13(11(9-15)8-14-10)16-5-4-12-3-2-6-17-12/h2-3,6-8,15H,4-5,9H2,1H3. The third-order valence-corrected chi connectivity index (χ3v) is 3.37. The summed E-state index contributed by atoms with van der Waals surface area (Å²) in [5.74, 6) is 0.733. The van der Waals surface area contributed by atoms with Gasteiger partial charge in [-0.1, -0.05) is 6.07 Å². The van der Waals surface area contributed by atoms with Gasteiger partial charge in [-0.2, -0.15) is 0 Å². The van der Waals surface area contributed by atoms with Crippen molar-refractivity contribution in [2.45, 2.75) is 20.0 Å². The van der Waals surface area contributed by atoms with Gasteiger partial charge in [0.2, 0.25) is 0 Å². The molecular weight excluding hydrogens is 234 g/mol. The Morgan fingerprint density at radius 1 is 1.47 bits per heavy atom. The van der Waals surface area contributed by atoms with E-state index in [1.54, 1.807) is 17.5 Å². The van der Waals surface area contributed by atoms with E-state index in [2.05, 4.69) is 16.4 Å². The van der Waals surface area contributed by atoms with Crippen LogP contribution in [0.15, 0.2) is 29.8 Å². The summed E-state index contributed by atoms with van der Waals surface area (Å²) in [6, 6.07) is 5.99. The predicted molar refractivity (Wildman–Crippen MR) is 68.4 cm³/mol. The van der Waals surface area contributed by atoms with E-state index in [1.807, 2.05) is 19.1 Å². The average molecular weight is 249 g/mol. The molecule has 0 aliphatic rings. The maximum absolute atomic E-state index is 9.17. The molecule has 0 radical (unpaired) electrons. The number of hydrogen-bond acceptors (Lipinski definition) is 4.